The predicted molar refractivity (Wildman–Crippen MR) is 77.4 cm³/mol. The molecular formula is C15H9BrF3NO2. The number of anilines is 1. The van der Waals surface area contributed by atoms with Gasteiger partial charge in [-0.25, -0.2) is 4.79 Å². The van der Waals surface area contributed by atoms with Gasteiger partial charge in [-0.3, -0.25) is 0 Å². The first-order valence-electron chi connectivity index (χ1n) is 6.27. The van der Waals surface area contributed by atoms with E-state index in [0.29, 0.717) is 4.47 Å². The Hall–Kier alpha value is -2.02. The number of hydrogen-bond donors (Lipinski definition) is 1. The van der Waals surface area contributed by atoms with Gasteiger partial charge < -0.3 is 10.1 Å². The molecule has 3 nitrogen and oxygen atoms in total. The molecule has 0 aromatic heterocycles. The van der Waals surface area contributed by atoms with Gasteiger partial charge in [0, 0.05) is 10.0 Å². The Balaban J connectivity index is 2.18. The van der Waals surface area contributed by atoms with Crippen LogP contribution in [0.4, 0.5) is 18.9 Å². The molecule has 7 heteroatoms. The van der Waals surface area contributed by atoms with Crippen LogP contribution in [0.25, 0.3) is 0 Å². The van der Waals surface area contributed by atoms with E-state index in [2.05, 4.69) is 21.2 Å². The summed E-state index contributed by atoms with van der Waals surface area (Å²) < 4.78 is 46.4. The number of esters is 1. The molecule has 1 heterocycles. The number of ether oxygens (including phenoxy) is 1. The van der Waals surface area contributed by atoms with Crippen molar-refractivity contribution in [3.63, 3.8) is 0 Å². The van der Waals surface area contributed by atoms with Crippen molar-refractivity contribution in [1.82, 2.24) is 0 Å². The molecule has 2 aromatic rings. The summed E-state index contributed by atoms with van der Waals surface area (Å²) in [6.07, 6.45) is -4.82. The van der Waals surface area contributed by atoms with Gasteiger partial charge in [0.05, 0.1) is 11.3 Å². The average molecular weight is 372 g/mol. The van der Waals surface area contributed by atoms with E-state index in [9.17, 15) is 18.0 Å². The first-order valence-corrected chi connectivity index (χ1v) is 7.06. The second kappa shape index (κ2) is 5.01. The number of carbonyl (C=O) groups excluding carboxylic acids is 1. The number of hydrogen-bond acceptors (Lipinski definition) is 3. The highest BCUT2D eigenvalue weighted by Gasteiger charge is 2.62. The van der Waals surface area contributed by atoms with Crippen LogP contribution in [0.5, 0.6) is 0 Å². The van der Waals surface area contributed by atoms with E-state index in [-0.39, 0.29) is 16.8 Å². The van der Waals surface area contributed by atoms with E-state index in [1.807, 2.05) is 0 Å². The molecule has 0 fully saturated rings. The fourth-order valence-electron chi connectivity index (χ4n) is 2.30. The Labute approximate surface area is 132 Å². The number of nitrogens with one attached hydrogen (secondary N) is 1. The quantitative estimate of drug-likeness (QED) is 0.752. The number of rotatable bonds is 1. The Morgan fingerprint density at radius 2 is 1.77 bits per heavy atom. The summed E-state index contributed by atoms with van der Waals surface area (Å²) in [5, 5.41) is 2.34. The zero-order valence-corrected chi connectivity index (χ0v) is 12.5. The van der Waals surface area contributed by atoms with E-state index in [0.717, 1.165) is 0 Å². The van der Waals surface area contributed by atoms with Gasteiger partial charge in [0.2, 0.25) is 0 Å². The van der Waals surface area contributed by atoms with Gasteiger partial charge in [0.15, 0.2) is 0 Å². The monoisotopic (exact) mass is 371 g/mol. The summed E-state index contributed by atoms with van der Waals surface area (Å²) in [5.41, 5.74) is -2.97. The normalized spacial score (nSPS) is 20.8. The largest absolute Gasteiger partial charge is 0.453 e. The van der Waals surface area contributed by atoms with Crippen molar-refractivity contribution in [2.75, 3.05) is 5.32 Å². The van der Waals surface area contributed by atoms with Gasteiger partial charge in [-0.15, -0.1) is 0 Å². The van der Waals surface area contributed by atoms with E-state index in [1.165, 1.54) is 36.4 Å². The number of cyclic esters (lactones) is 1. The van der Waals surface area contributed by atoms with E-state index < -0.39 is 17.9 Å². The lowest BCUT2D eigenvalue weighted by Gasteiger charge is -2.40. The van der Waals surface area contributed by atoms with Crippen molar-refractivity contribution in [1.29, 1.82) is 0 Å². The Kier molecular flexibility index (Phi) is 3.40. The van der Waals surface area contributed by atoms with Crippen LogP contribution in [0.15, 0.2) is 53.0 Å². The highest BCUT2D eigenvalue weighted by atomic mass is 79.9. The number of halogens is 4. The molecule has 22 heavy (non-hydrogen) atoms. The van der Waals surface area contributed by atoms with Crippen LogP contribution in [-0.2, 0) is 10.5 Å². The molecule has 0 unspecified atom stereocenters. The number of benzene rings is 2. The number of carbonyl (C=O) groups is 1. The molecule has 1 N–H and O–H groups in total. The van der Waals surface area contributed by atoms with Crippen molar-refractivity contribution in [2.45, 2.75) is 11.9 Å². The van der Waals surface area contributed by atoms with Gasteiger partial charge in [0.25, 0.3) is 0 Å². The standard InChI is InChI=1S/C15H9BrF3NO2/c16-10-6-7-12-11(8-10)13(21)22-14(20-12,15(17,18)19)9-4-2-1-3-5-9/h1-8,20H/t14-/m0/s1. The van der Waals surface area contributed by atoms with Gasteiger partial charge >= 0.3 is 17.9 Å². The average Bonchev–Trinajstić information content (AvgIpc) is 2.47. The highest BCUT2D eigenvalue weighted by molar-refractivity contribution is 9.10. The molecule has 3 rings (SSSR count). The molecular weight excluding hydrogens is 363 g/mol. The van der Waals surface area contributed by atoms with Crippen molar-refractivity contribution in [2.24, 2.45) is 0 Å². The van der Waals surface area contributed by atoms with Crippen molar-refractivity contribution >= 4 is 27.6 Å². The summed E-state index contributed by atoms with van der Waals surface area (Å²) in [7, 11) is 0. The lowest BCUT2D eigenvalue weighted by Crippen LogP contribution is -2.54. The molecule has 1 aliphatic rings. The fraction of sp³-hybridized carbons (Fsp3) is 0.133. The zero-order chi connectivity index (χ0) is 16.0. The van der Waals surface area contributed by atoms with E-state index >= 15 is 0 Å². The van der Waals surface area contributed by atoms with Crippen LogP contribution < -0.4 is 5.32 Å². The first kappa shape index (κ1) is 14.9. The SMILES string of the molecule is O=C1O[C@@](c2ccccc2)(C(F)(F)F)Nc2ccc(Br)cc21. The van der Waals surface area contributed by atoms with Crippen molar-refractivity contribution < 1.29 is 22.7 Å². The van der Waals surface area contributed by atoms with Crippen LogP contribution >= 0.6 is 15.9 Å². The van der Waals surface area contributed by atoms with Crippen LogP contribution in [-0.4, -0.2) is 12.1 Å². The third-order valence-corrected chi connectivity index (χ3v) is 3.83. The minimum absolute atomic E-state index is 0.0465. The predicted octanol–water partition coefficient (Wildman–Crippen LogP) is 4.45. The number of alkyl halides is 3. The molecule has 1 atom stereocenters. The minimum atomic E-state index is -4.82. The van der Waals surface area contributed by atoms with Crippen molar-refractivity contribution in [3.05, 3.63) is 64.1 Å². The van der Waals surface area contributed by atoms with E-state index in [1.54, 1.807) is 12.1 Å². The molecule has 0 saturated heterocycles. The first-order chi connectivity index (χ1) is 10.3. The zero-order valence-electron chi connectivity index (χ0n) is 10.9. The van der Waals surface area contributed by atoms with Crippen LogP contribution in [0.3, 0.4) is 0 Å². The smallest absolute Gasteiger partial charge is 0.421 e. The lowest BCUT2D eigenvalue weighted by atomic mass is 9.98. The maximum atomic E-state index is 13.7. The molecule has 0 spiro atoms. The third kappa shape index (κ3) is 2.25. The topological polar surface area (TPSA) is 38.3 Å². The van der Waals surface area contributed by atoms with Gasteiger partial charge in [-0.05, 0) is 18.2 Å². The van der Waals surface area contributed by atoms with Gasteiger partial charge in [-0.2, -0.15) is 13.2 Å². The summed E-state index contributed by atoms with van der Waals surface area (Å²) in [5.74, 6) is -1.03. The van der Waals surface area contributed by atoms with Gasteiger partial charge in [0.1, 0.15) is 0 Å². The van der Waals surface area contributed by atoms with Crippen LogP contribution in [0, 0.1) is 0 Å². The maximum absolute atomic E-state index is 13.7. The molecule has 0 radical (unpaired) electrons. The Bertz CT molecular complexity index is 733. The molecule has 1 aliphatic heterocycles. The van der Waals surface area contributed by atoms with Crippen molar-refractivity contribution in [3.8, 4) is 0 Å². The fourth-order valence-corrected chi connectivity index (χ4v) is 2.66. The molecule has 114 valence electrons. The molecule has 0 aliphatic carbocycles. The minimum Gasteiger partial charge on any atom is -0.421 e. The number of fused-ring (bicyclic) bond motifs is 1. The Morgan fingerprint density at radius 1 is 1.09 bits per heavy atom. The maximum Gasteiger partial charge on any atom is 0.453 e. The molecule has 0 saturated carbocycles. The van der Waals surface area contributed by atoms with Crippen LogP contribution in [0.2, 0.25) is 0 Å². The van der Waals surface area contributed by atoms with Gasteiger partial charge in [-0.1, -0.05) is 46.3 Å². The molecule has 2 aromatic carbocycles. The third-order valence-electron chi connectivity index (χ3n) is 3.34. The summed E-state index contributed by atoms with van der Waals surface area (Å²) in [6.45, 7) is 0. The highest BCUT2D eigenvalue weighted by Crippen LogP contribution is 2.46. The lowest BCUT2D eigenvalue weighted by molar-refractivity contribution is -0.254. The molecule has 0 bridgehead atoms. The molecule has 0 amide bonds. The van der Waals surface area contributed by atoms with Crippen LogP contribution in [0.1, 0.15) is 15.9 Å². The second-order valence-corrected chi connectivity index (χ2v) is 5.67. The second-order valence-electron chi connectivity index (χ2n) is 4.75. The summed E-state index contributed by atoms with van der Waals surface area (Å²) in [6, 6.07) is 11.4. The summed E-state index contributed by atoms with van der Waals surface area (Å²) >= 11 is 3.17. The van der Waals surface area contributed by atoms with E-state index in [4.69, 9.17) is 4.74 Å². The summed E-state index contributed by atoms with van der Waals surface area (Å²) in [4.78, 5) is 12.1. The Morgan fingerprint density at radius 3 is 2.41 bits per heavy atom.